The van der Waals surface area contributed by atoms with Crippen LogP contribution in [-0.4, -0.2) is 53.5 Å². The maximum atomic E-state index is 13.9. The van der Waals surface area contributed by atoms with Crippen molar-refractivity contribution in [1.82, 2.24) is 9.80 Å². The van der Waals surface area contributed by atoms with E-state index in [0.717, 1.165) is 25.2 Å². The van der Waals surface area contributed by atoms with E-state index in [2.05, 4.69) is 4.90 Å². The number of nitrogen functional groups attached to an aromatic ring is 1. The van der Waals surface area contributed by atoms with Gasteiger partial charge in [-0.3, -0.25) is 9.69 Å². The van der Waals surface area contributed by atoms with Crippen molar-refractivity contribution < 1.29 is 9.59 Å². The summed E-state index contributed by atoms with van der Waals surface area (Å²) in [5.74, 6) is -0.461. The molecule has 7 nitrogen and oxygen atoms in total. The summed E-state index contributed by atoms with van der Waals surface area (Å²) in [6.45, 7) is 10.1. The first-order chi connectivity index (χ1) is 15.2. The van der Waals surface area contributed by atoms with Gasteiger partial charge in [-0.05, 0) is 76.5 Å². The van der Waals surface area contributed by atoms with E-state index in [1.165, 1.54) is 12.8 Å². The zero-order valence-electron chi connectivity index (χ0n) is 19.4. The van der Waals surface area contributed by atoms with Crippen LogP contribution in [0.2, 0.25) is 0 Å². The normalized spacial score (nSPS) is 14.3. The van der Waals surface area contributed by atoms with Gasteiger partial charge in [0.25, 0.3) is 0 Å². The molecule has 0 atom stereocenters. The minimum Gasteiger partial charge on any atom is -0.397 e. The predicted molar refractivity (Wildman–Crippen MR) is 130 cm³/mol. The second-order valence-corrected chi connectivity index (χ2v) is 9.38. The molecule has 1 heterocycles. The van der Waals surface area contributed by atoms with E-state index in [1.54, 1.807) is 17.0 Å². The van der Waals surface area contributed by atoms with Crippen molar-refractivity contribution in [3.05, 3.63) is 59.7 Å². The average molecular weight is 438 g/mol. The van der Waals surface area contributed by atoms with Crippen molar-refractivity contribution in [2.45, 2.75) is 45.7 Å². The Kier molecular flexibility index (Phi) is 7.40. The van der Waals surface area contributed by atoms with E-state index in [-0.39, 0.29) is 6.03 Å². The number of carbonyl (C=O) groups is 2. The van der Waals surface area contributed by atoms with Crippen LogP contribution in [0.4, 0.5) is 16.2 Å². The Morgan fingerprint density at radius 3 is 2.19 bits per heavy atom. The van der Waals surface area contributed by atoms with Crippen LogP contribution in [0.5, 0.6) is 0 Å². The maximum Gasteiger partial charge on any atom is 0.325 e. The summed E-state index contributed by atoms with van der Waals surface area (Å²) in [5.41, 5.74) is 13.8. The van der Waals surface area contributed by atoms with Gasteiger partial charge in [0.15, 0.2) is 0 Å². The minimum atomic E-state index is -0.464. The topological polar surface area (TPSA) is 95.9 Å². The van der Waals surface area contributed by atoms with E-state index >= 15 is 0 Å². The molecule has 0 aromatic heterocycles. The molecule has 3 rings (SSSR count). The lowest BCUT2D eigenvalue weighted by atomic mass is 10.0. The van der Waals surface area contributed by atoms with Gasteiger partial charge < -0.3 is 21.3 Å². The average Bonchev–Trinajstić information content (AvgIpc) is 3.25. The number of nitrogens with zero attached hydrogens (tertiary/aromatic N) is 3. The molecule has 172 valence electrons. The van der Waals surface area contributed by atoms with Crippen molar-refractivity contribution >= 4 is 23.3 Å². The van der Waals surface area contributed by atoms with Crippen LogP contribution in [0.15, 0.2) is 48.5 Å². The summed E-state index contributed by atoms with van der Waals surface area (Å²) >= 11 is 0. The number of benzene rings is 2. The summed E-state index contributed by atoms with van der Waals surface area (Å²) < 4.78 is 0. The Balaban J connectivity index is 1.89. The Morgan fingerprint density at radius 2 is 1.62 bits per heavy atom. The first-order valence-electron chi connectivity index (χ1n) is 11.2. The molecule has 0 unspecified atom stereocenters. The summed E-state index contributed by atoms with van der Waals surface area (Å²) in [5, 5.41) is 0. The van der Waals surface area contributed by atoms with Gasteiger partial charge in [0, 0.05) is 30.7 Å². The highest BCUT2D eigenvalue weighted by Crippen LogP contribution is 2.31. The second kappa shape index (κ2) is 10.0. The molecule has 2 aromatic carbocycles. The monoisotopic (exact) mass is 437 g/mol. The minimum absolute atomic E-state index is 0.0893. The number of urea groups is 1. The number of amides is 3. The number of anilines is 2. The Morgan fingerprint density at radius 1 is 1.00 bits per heavy atom. The van der Waals surface area contributed by atoms with Crippen molar-refractivity contribution in [3.8, 4) is 0 Å². The number of hydrogen-bond donors (Lipinski definition) is 2. The Labute approximate surface area is 191 Å². The van der Waals surface area contributed by atoms with Gasteiger partial charge in [-0.15, -0.1) is 0 Å². The number of carbonyl (C=O) groups excluding carboxylic acids is 2. The van der Waals surface area contributed by atoms with E-state index < -0.39 is 11.4 Å². The largest absolute Gasteiger partial charge is 0.397 e. The molecule has 1 aliphatic heterocycles. The van der Waals surface area contributed by atoms with Crippen LogP contribution in [0.3, 0.4) is 0 Å². The predicted octanol–water partition coefficient (Wildman–Crippen LogP) is 3.69. The quantitative estimate of drug-likeness (QED) is 0.646. The summed E-state index contributed by atoms with van der Waals surface area (Å²) in [7, 11) is 0. The zero-order chi connectivity index (χ0) is 23.3. The third-order valence-electron chi connectivity index (χ3n) is 5.81. The fraction of sp³-hybridized carbons (Fsp3) is 0.440. The fourth-order valence-electron chi connectivity index (χ4n) is 4.09. The van der Waals surface area contributed by atoms with Gasteiger partial charge in [-0.25, -0.2) is 4.79 Å². The van der Waals surface area contributed by atoms with E-state index in [0.29, 0.717) is 30.0 Å². The molecular weight excluding hydrogens is 402 g/mol. The Hall–Kier alpha value is -3.06. The highest BCUT2D eigenvalue weighted by molar-refractivity contribution is 5.96. The van der Waals surface area contributed by atoms with Gasteiger partial charge >= 0.3 is 6.03 Å². The molecule has 0 aliphatic carbocycles. The lowest BCUT2D eigenvalue weighted by Gasteiger charge is -2.40. The van der Waals surface area contributed by atoms with E-state index in [4.69, 9.17) is 11.5 Å². The van der Waals surface area contributed by atoms with Gasteiger partial charge in [-0.2, -0.15) is 0 Å². The lowest BCUT2D eigenvalue weighted by molar-refractivity contribution is 0.1000. The number of nitrogens with two attached hydrogens (primary N) is 2. The molecule has 2 aromatic rings. The lowest BCUT2D eigenvalue weighted by Crippen LogP contribution is -2.53. The summed E-state index contributed by atoms with van der Waals surface area (Å²) in [6, 6.07) is 14.5. The smallest absolute Gasteiger partial charge is 0.325 e. The number of para-hydroxylation sites is 2. The molecule has 4 N–H and O–H groups in total. The van der Waals surface area contributed by atoms with Gasteiger partial charge in [0.05, 0.1) is 11.4 Å². The van der Waals surface area contributed by atoms with Crippen LogP contribution < -0.4 is 16.4 Å². The number of rotatable bonds is 7. The van der Waals surface area contributed by atoms with E-state index in [1.807, 2.05) is 62.1 Å². The van der Waals surface area contributed by atoms with Crippen LogP contribution >= 0.6 is 0 Å². The molecule has 1 fully saturated rings. The van der Waals surface area contributed by atoms with Gasteiger partial charge in [0.1, 0.15) is 0 Å². The van der Waals surface area contributed by atoms with Crippen LogP contribution in [0.25, 0.3) is 0 Å². The van der Waals surface area contributed by atoms with Crippen LogP contribution in [-0.2, 0) is 6.54 Å². The maximum absolute atomic E-state index is 13.9. The third kappa shape index (κ3) is 5.79. The first-order valence-corrected chi connectivity index (χ1v) is 11.2. The SMILES string of the molecule is CC(C)(C)N(C(=O)N(CCN1CCCC1)Cc1ccc(C(N)=O)cc1)c1ccccc1N. The summed E-state index contributed by atoms with van der Waals surface area (Å²) in [6.07, 6.45) is 2.41. The van der Waals surface area contributed by atoms with Crippen molar-refractivity contribution in [2.24, 2.45) is 5.73 Å². The first kappa shape index (κ1) is 23.6. The molecule has 0 spiro atoms. The molecule has 1 saturated heterocycles. The highest BCUT2D eigenvalue weighted by Gasteiger charge is 2.33. The van der Waals surface area contributed by atoms with E-state index in [9.17, 15) is 9.59 Å². The van der Waals surface area contributed by atoms with Crippen molar-refractivity contribution in [2.75, 3.05) is 36.8 Å². The third-order valence-corrected chi connectivity index (χ3v) is 5.81. The number of likely N-dealkylation sites (tertiary alicyclic amines) is 1. The molecule has 3 amide bonds. The molecular formula is C25H35N5O2. The summed E-state index contributed by atoms with van der Waals surface area (Å²) in [4.78, 5) is 31.4. The molecule has 7 heteroatoms. The molecule has 0 radical (unpaired) electrons. The number of hydrogen-bond acceptors (Lipinski definition) is 4. The fourth-order valence-corrected chi connectivity index (χ4v) is 4.09. The molecule has 0 bridgehead atoms. The number of primary amides is 1. The van der Waals surface area contributed by atoms with Crippen molar-refractivity contribution in [1.29, 1.82) is 0 Å². The highest BCUT2D eigenvalue weighted by atomic mass is 16.2. The standard InChI is InChI=1S/C25H35N5O2/c1-25(2,3)30(22-9-5-4-8-21(22)26)24(32)29(17-16-28-14-6-7-15-28)18-19-10-12-20(13-11-19)23(27)31/h4-5,8-13H,6-7,14-18,26H2,1-3H3,(H2,27,31). The molecule has 0 saturated carbocycles. The van der Waals surface area contributed by atoms with Gasteiger partial charge in [-0.1, -0.05) is 24.3 Å². The second-order valence-electron chi connectivity index (χ2n) is 9.38. The van der Waals surface area contributed by atoms with Crippen LogP contribution in [0, 0.1) is 0 Å². The van der Waals surface area contributed by atoms with Gasteiger partial charge in [0.2, 0.25) is 5.91 Å². The molecule has 32 heavy (non-hydrogen) atoms. The molecule has 1 aliphatic rings. The Bertz CT molecular complexity index is 930. The van der Waals surface area contributed by atoms with Crippen molar-refractivity contribution in [3.63, 3.8) is 0 Å². The zero-order valence-corrected chi connectivity index (χ0v) is 19.4. The van der Waals surface area contributed by atoms with Crippen LogP contribution in [0.1, 0.15) is 49.5 Å².